The predicted molar refractivity (Wildman–Crippen MR) is 49.0 cm³/mol. The normalized spacial score (nSPS) is 27.5. The molecule has 0 fully saturated rings. The molecule has 3 nitrogen and oxygen atoms in total. The van der Waals surface area contributed by atoms with Crippen molar-refractivity contribution >= 4 is 5.97 Å². The highest BCUT2D eigenvalue weighted by molar-refractivity contribution is 5.72. The Hall–Kier alpha value is -0.830. The molecule has 0 aliphatic carbocycles. The molecule has 0 bridgehead atoms. The fourth-order valence-corrected chi connectivity index (χ4v) is 1.55. The second-order valence-corrected chi connectivity index (χ2v) is 4.07. The molecular weight excluding hydrogens is 168 g/mol. The summed E-state index contributed by atoms with van der Waals surface area (Å²) in [5.41, 5.74) is -0.191. The molecule has 0 aromatic rings. The first kappa shape index (κ1) is 10.3. The zero-order valence-electron chi connectivity index (χ0n) is 8.59. The summed E-state index contributed by atoms with van der Waals surface area (Å²) in [6.07, 6.45) is 2.18. The van der Waals surface area contributed by atoms with Gasteiger partial charge in [0.2, 0.25) is 0 Å². The summed E-state index contributed by atoms with van der Waals surface area (Å²) in [5, 5.41) is 0. The third kappa shape index (κ3) is 2.31. The monoisotopic (exact) mass is 184 g/mol. The molecule has 1 atom stereocenters. The van der Waals surface area contributed by atoms with E-state index in [-0.39, 0.29) is 17.5 Å². The molecule has 0 saturated carbocycles. The number of allylic oxidation sites excluding steroid dienone is 1. The summed E-state index contributed by atoms with van der Waals surface area (Å²) < 4.78 is 10.3. The molecule has 0 saturated heterocycles. The van der Waals surface area contributed by atoms with Crippen LogP contribution in [0.2, 0.25) is 0 Å². The zero-order chi connectivity index (χ0) is 10.1. The SMILES string of the molecule is COC1C=C(C)OC(=O)CC1(C)C. The van der Waals surface area contributed by atoms with Gasteiger partial charge in [-0.2, -0.15) is 0 Å². The van der Waals surface area contributed by atoms with Crippen LogP contribution in [0, 0.1) is 5.41 Å². The van der Waals surface area contributed by atoms with Crippen molar-refractivity contribution in [3.05, 3.63) is 11.8 Å². The van der Waals surface area contributed by atoms with Crippen molar-refractivity contribution in [2.45, 2.75) is 33.3 Å². The fraction of sp³-hybridized carbons (Fsp3) is 0.700. The predicted octanol–water partition coefficient (Wildman–Crippen LogP) is 1.88. The molecule has 1 unspecified atom stereocenters. The van der Waals surface area contributed by atoms with Gasteiger partial charge < -0.3 is 9.47 Å². The van der Waals surface area contributed by atoms with Crippen molar-refractivity contribution in [1.29, 1.82) is 0 Å². The maximum atomic E-state index is 11.3. The van der Waals surface area contributed by atoms with E-state index in [4.69, 9.17) is 9.47 Å². The van der Waals surface area contributed by atoms with Gasteiger partial charge in [0.25, 0.3) is 0 Å². The zero-order valence-corrected chi connectivity index (χ0v) is 8.59. The standard InChI is InChI=1S/C10H16O3/c1-7-5-8(12-4)10(2,3)6-9(11)13-7/h5,8H,6H2,1-4H3. The van der Waals surface area contributed by atoms with Gasteiger partial charge in [-0.15, -0.1) is 0 Å². The van der Waals surface area contributed by atoms with Gasteiger partial charge in [0, 0.05) is 12.5 Å². The van der Waals surface area contributed by atoms with Gasteiger partial charge >= 0.3 is 5.97 Å². The summed E-state index contributed by atoms with van der Waals surface area (Å²) in [6.45, 7) is 5.76. The van der Waals surface area contributed by atoms with E-state index in [1.54, 1.807) is 14.0 Å². The summed E-state index contributed by atoms with van der Waals surface area (Å²) in [5.74, 6) is 0.445. The molecule has 0 aromatic heterocycles. The smallest absolute Gasteiger partial charge is 0.311 e. The van der Waals surface area contributed by atoms with Crippen molar-refractivity contribution in [1.82, 2.24) is 0 Å². The lowest BCUT2D eigenvalue weighted by atomic mass is 9.83. The molecule has 74 valence electrons. The van der Waals surface area contributed by atoms with E-state index in [9.17, 15) is 4.79 Å². The Bertz CT molecular complexity index is 241. The van der Waals surface area contributed by atoms with Crippen LogP contribution in [0.1, 0.15) is 27.2 Å². The Kier molecular flexibility index (Phi) is 2.76. The number of methoxy groups -OCH3 is 1. The first-order valence-corrected chi connectivity index (χ1v) is 4.37. The second kappa shape index (κ2) is 3.50. The Morgan fingerprint density at radius 1 is 1.62 bits per heavy atom. The van der Waals surface area contributed by atoms with Gasteiger partial charge in [-0.1, -0.05) is 13.8 Å². The molecule has 1 rings (SSSR count). The van der Waals surface area contributed by atoms with E-state index in [2.05, 4.69) is 0 Å². The van der Waals surface area contributed by atoms with Crippen LogP contribution in [0.15, 0.2) is 11.8 Å². The molecule has 0 amide bonds. The number of carbonyl (C=O) groups excluding carboxylic acids is 1. The Labute approximate surface area is 78.7 Å². The Morgan fingerprint density at radius 2 is 2.23 bits per heavy atom. The number of hydrogen-bond acceptors (Lipinski definition) is 3. The van der Waals surface area contributed by atoms with Crippen LogP contribution in [0.25, 0.3) is 0 Å². The van der Waals surface area contributed by atoms with Crippen molar-refractivity contribution in [3.8, 4) is 0 Å². The van der Waals surface area contributed by atoms with Crippen molar-refractivity contribution in [2.75, 3.05) is 7.11 Å². The molecule has 0 spiro atoms. The maximum Gasteiger partial charge on any atom is 0.311 e. The van der Waals surface area contributed by atoms with Crippen molar-refractivity contribution < 1.29 is 14.3 Å². The Balaban J connectivity index is 2.93. The second-order valence-electron chi connectivity index (χ2n) is 4.07. The summed E-state index contributed by atoms with van der Waals surface area (Å²) in [7, 11) is 1.64. The lowest BCUT2D eigenvalue weighted by Crippen LogP contribution is -2.30. The van der Waals surface area contributed by atoms with E-state index < -0.39 is 0 Å². The van der Waals surface area contributed by atoms with Crippen LogP contribution < -0.4 is 0 Å². The van der Waals surface area contributed by atoms with E-state index in [0.29, 0.717) is 12.2 Å². The average molecular weight is 184 g/mol. The number of carbonyl (C=O) groups is 1. The van der Waals surface area contributed by atoms with Gasteiger partial charge in [0.15, 0.2) is 0 Å². The number of hydrogen-bond donors (Lipinski definition) is 0. The van der Waals surface area contributed by atoms with Crippen molar-refractivity contribution in [3.63, 3.8) is 0 Å². The summed E-state index contributed by atoms with van der Waals surface area (Å²) >= 11 is 0. The van der Waals surface area contributed by atoms with Crippen molar-refractivity contribution in [2.24, 2.45) is 5.41 Å². The van der Waals surface area contributed by atoms with Gasteiger partial charge in [-0.05, 0) is 13.0 Å². The molecule has 1 aliphatic rings. The first-order chi connectivity index (χ1) is 5.95. The van der Waals surface area contributed by atoms with Crippen LogP contribution >= 0.6 is 0 Å². The van der Waals surface area contributed by atoms with E-state index >= 15 is 0 Å². The van der Waals surface area contributed by atoms with Gasteiger partial charge in [-0.25, -0.2) is 0 Å². The Morgan fingerprint density at radius 3 is 2.77 bits per heavy atom. The largest absolute Gasteiger partial charge is 0.432 e. The lowest BCUT2D eigenvalue weighted by Gasteiger charge is -2.27. The summed E-state index contributed by atoms with van der Waals surface area (Å²) in [4.78, 5) is 11.3. The molecule has 0 radical (unpaired) electrons. The first-order valence-electron chi connectivity index (χ1n) is 4.37. The van der Waals surface area contributed by atoms with E-state index in [0.717, 1.165) is 0 Å². The highest BCUT2D eigenvalue weighted by Gasteiger charge is 2.34. The summed E-state index contributed by atoms with van der Waals surface area (Å²) in [6, 6.07) is 0. The van der Waals surface area contributed by atoms with E-state index in [1.165, 1.54) is 0 Å². The molecule has 13 heavy (non-hydrogen) atoms. The molecule has 0 N–H and O–H groups in total. The van der Waals surface area contributed by atoms with Crippen LogP contribution in [-0.4, -0.2) is 19.2 Å². The fourth-order valence-electron chi connectivity index (χ4n) is 1.55. The van der Waals surface area contributed by atoms with Crippen LogP contribution in [0.5, 0.6) is 0 Å². The minimum atomic E-state index is -0.191. The third-order valence-corrected chi connectivity index (χ3v) is 2.29. The highest BCUT2D eigenvalue weighted by Crippen LogP contribution is 2.32. The number of cyclic esters (lactones) is 1. The number of esters is 1. The average Bonchev–Trinajstić information content (AvgIpc) is 2.05. The maximum absolute atomic E-state index is 11.3. The molecule has 3 heteroatoms. The molecule has 1 aliphatic heterocycles. The van der Waals surface area contributed by atoms with E-state index in [1.807, 2.05) is 19.9 Å². The topological polar surface area (TPSA) is 35.5 Å². The third-order valence-electron chi connectivity index (χ3n) is 2.29. The molecule has 0 aromatic carbocycles. The van der Waals surface area contributed by atoms with Crippen LogP contribution in [-0.2, 0) is 14.3 Å². The molecular formula is C10H16O3. The van der Waals surface area contributed by atoms with Gasteiger partial charge in [0.05, 0.1) is 12.5 Å². The lowest BCUT2D eigenvalue weighted by molar-refractivity contribution is -0.141. The van der Waals surface area contributed by atoms with Crippen LogP contribution in [0.3, 0.4) is 0 Å². The number of ether oxygens (including phenoxy) is 2. The molecule has 1 heterocycles. The van der Waals surface area contributed by atoms with Crippen LogP contribution in [0.4, 0.5) is 0 Å². The quantitative estimate of drug-likeness (QED) is 0.584. The highest BCUT2D eigenvalue weighted by atomic mass is 16.5. The minimum absolute atomic E-state index is 0.0565. The van der Waals surface area contributed by atoms with Gasteiger partial charge in [0.1, 0.15) is 5.76 Å². The number of rotatable bonds is 1. The van der Waals surface area contributed by atoms with Gasteiger partial charge in [-0.3, -0.25) is 4.79 Å². The minimum Gasteiger partial charge on any atom is -0.432 e.